The minimum Gasteiger partial charge on any atom is -0.497 e. The van der Waals surface area contributed by atoms with Crippen LogP contribution in [0.4, 0.5) is 0 Å². The summed E-state index contributed by atoms with van der Waals surface area (Å²) in [7, 11) is 3.64. The molecule has 1 aromatic carbocycles. The number of ether oxygens (including phenoxy) is 1. The Morgan fingerprint density at radius 3 is 2.53 bits per heavy atom. The van der Waals surface area contributed by atoms with E-state index < -0.39 is 0 Å². The second-order valence-electron chi connectivity index (χ2n) is 3.95. The zero-order valence-corrected chi connectivity index (χ0v) is 10.1. The molecule has 2 aromatic rings. The highest BCUT2D eigenvalue weighted by Gasteiger charge is 2.10. The molecule has 1 N–H and O–H groups in total. The lowest BCUT2D eigenvalue weighted by molar-refractivity contribution is 0.414. The fourth-order valence-corrected chi connectivity index (χ4v) is 1.87. The number of hydrogen-bond acceptors (Lipinski definition) is 3. The van der Waals surface area contributed by atoms with Crippen LogP contribution in [0.25, 0.3) is 0 Å². The van der Waals surface area contributed by atoms with Gasteiger partial charge < -0.3 is 14.5 Å². The Morgan fingerprint density at radius 1 is 1.24 bits per heavy atom. The monoisotopic (exact) mass is 231 g/mol. The molecule has 1 aromatic heterocycles. The number of likely N-dealkylation sites (N-methyl/N-ethyl adjacent to an activating group) is 1. The van der Waals surface area contributed by atoms with Crippen molar-refractivity contribution < 1.29 is 9.15 Å². The molecule has 90 valence electrons. The van der Waals surface area contributed by atoms with E-state index in [4.69, 9.17) is 9.15 Å². The molecule has 17 heavy (non-hydrogen) atoms. The van der Waals surface area contributed by atoms with Crippen molar-refractivity contribution in [2.24, 2.45) is 0 Å². The first kappa shape index (κ1) is 11.7. The van der Waals surface area contributed by atoms with Crippen LogP contribution in [0.1, 0.15) is 17.2 Å². The van der Waals surface area contributed by atoms with Crippen molar-refractivity contribution >= 4 is 0 Å². The minimum atomic E-state index is 0.290. The number of benzene rings is 1. The summed E-state index contributed by atoms with van der Waals surface area (Å²) >= 11 is 0. The summed E-state index contributed by atoms with van der Waals surface area (Å²) < 4.78 is 10.2. The van der Waals surface area contributed by atoms with Crippen molar-refractivity contribution in [1.82, 2.24) is 5.32 Å². The molecule has 2 rings (SSSR count). The lowest BCUT2D eigenvalue weighted by atomic mass is 10.0. The second-order valence-corrected chi connectivity index (χ2v) is 3.95. The van der Waals surface area contributed by atoms with Crippen LogP contribution in [0.2, 0.25) is 0 Å². The lowest BCUT2D eigenvalue weighted by Crippen LogP contribution is -2.18. The molecular formula is C14H17NO2. The van der Waals surface area contributed by atoms with Gasteiger partial charge in [-0.1, -0.05) is 12.1 Å². The standard InChI is InChI=1S/C14H17NO2/c1-15-14(9-11-7-8-17-10-11)12-3-5-13(16-2)6-4-12/h3-8,10,14-15H,9H2,1-2H3. The number of hydrogen-bond donors (Lipinski definition) is 1. The van der Waals surface area contributed by atoms with Gasteiger partial charge in [0.15, 0.2) is 0 Å². The molecule has 0 aliphatic heterocycles. The van der Waals surface area contributed by atoms with Gasteiger partial charge in [0.1, 0.15) is 5.75 Å². The summed E-state index contributed by atoms with van der Waals surface area (Å²) in [5.41, 5.74) is 2.44. The molecule has 0 amide bonds. The van der Waals surface area contributed by atoms with Crippen LogP contribution in [0.5, 0.6) is 5.75 Å². The molecule has 0 saturated carbocycles. The number of furan rings is 1. The summed E-state index contributed by atoms with van der Waals surface area (Å²) in [6.45, 7) is 0. The molecule has 0 aliphatic carbocycles. The molecule has 0 spiro atoms. The summed E-state index contributed by atoms with van der Waals surface area (Å²) in [6.07, 6.45) is 4.41. The zero-order chi connectivity index (χ0) is 12.1. The quantitative estimate of drug-likeness (QED) is 0.859. The van der Waals surface area contributed by atoms with Crippen molar-refractivity contribution in [2.45, 2.75) is 12.5 Å². The molecule has 1 unspecified atom stereocenters. The first-order valence-electron chi connectivity index (χ1n) is 5.65. The van der Waals surface area contributed by atoms with E-state index in [1.807, 2.05) is 25.2 Å². The highest BCUT2D eigenvalue weighted by molar-refractivity contribution is 5.30. The Labute approximate surface area is 101 Å². The highest BCUT2D eigenvalue weighted by atomic mass is 16.5. The topological polar surface area (TPSA) is 34.4 Å². The molecule has 3 nitrogen and oxygen atoms in total. The van der Waals surface area contributed by atoms with Gasteiger partial charge in [-0.05, 0) is 42.8 Å². The first-order valence-corrected chi connectivity index (χ1v) is 5.65. The normalized spacial score (nSPS) is 12.4. The van der Waals surface area contributed by atoms with Gasteiger partial charge >= 0.3 is 0 Å². The van der Waals surface area contributed by atoms with Crippen LogP contribution in [0, 0.1) is 0 Å². The molecule has 0 radical (unpaired) electrons. The molecule has 0 fully saturated rings. The third-order valence-electron chi connectivity index (χ3n) is 2.89. The second kappa shape index (κ2) is 5.55. The van der Waals surface area contributed by atoms with Crippen molar-refractivity contribution in [3.63, 3.8) is 0 Å². The third-order valence-corrected chi connectivity index (χ3v) is 2.89. The molecule has 3 heteroatoms. The highest BCUT2D eigenvalue weighted by Crippen LogP contribution is 2.21. The van der Waals surface area contributed by atoms with Crippen LogP contribution in [-0.4, -0.2) is 14.2 Å². The molecule has 0 bridgehead atoms. The average molecular weight is 231 g/mol. The predicted molar refractivity (Wildman–Crippen MR) is 67.2 cm³/mol. The predicted octanol–water partition coefficient (Wildman–Crippen LogP) is 2.79. The van der Waals surface area contributed by atoms with E-state index in [2.05, 4.69) is 17.4 Å². The van der Waals surface area contributed by atoms with Crippen LogP contribution >= 0.6 is 0 Å². The van der Waals surface area contributed by atoms with Gasteiger partial charge in [-0.15, -0.1) is 0 Å². The van der Waals surface area contributed by atoms with Crippen molar-refractivity contribution in [3.05, 3.63) is 54.0 Å². The molecule has 1 heterocycles. The Kier molecular flexibility index (Phi) is 3.83. The zero-order valence-electron chi connectivity index (χ0n) is 10.1. The van der Waals surface area contributed by atoms with Gasteiger partial charge in [0.2, 0.25) is 0 Å². The molecule has 0 saturated heterocycles. The van der Waals surface area contributed by atoms with E-state index in [-0.39, 0.29) is 0 Å². The molecule has 1 atom stereocenters. The third kappa shape index (κ3) is 2.88. The maximum Gasteiger partial charge on any atom is 0.118 e. The molecular weight excluding hydrogens is 214 g/mol. The number of rotatable bonds is 5. The Bertz CT molecular complexity index is 434. The van der Waals surface area contributed by atoms with Gasteiger partial charge in [0, 0.05) is 6.04 Å². The van der Waals surface area contributed by atoms with E-state index in [0.717, 1.165) is 12.2 Å². The van der Waals surface area contributed by atoms with Crippen LogP contribution < -0.4 is 10.1 Å². The van der Waals surface area contributed by atoms with Gasteiger partial charge in [-0.25, -0.2) is 0 Å². The number of nitrogens with one attached hydrogen (secondary N) is 1. The molecule has 0 aliphatic rings. The van der Waals surface area contributed by atoms with Gasteiger partial charge in [-0.2, -0.15) is 0 Å². The summed E-state index contributed by atoms with van der Waals surface area (Å²) in [4.78, 5) is 0. The summed E-state index contributed by atoms with van der Waals surface area (Å²) in [5.74, 6) is 0.881. The van der Waals surface area contributed by atoms with Gasteiger partial charge in [0.05, 0.1) is 19.6 Å². The smallest absolute Gasteiger partial charge is 0.118 e. The Morgan fingerprint density at radius 2 is 2.00 bits per heavy atom. The Hall–Kier alpha value is -1.74. The maximum atomic E-state index is 5.15. The van der Waals surface area contributed by atoms with Gasteiger partial charge in [-0.3, -0.25) is 0 Å². The SMILES string of the molecule is CNC(Cc1ccoc1)c1ccc(OC)cc1. The van der Waals surface area contributed by atoms with E-state index in [1.54, 1.807) is 19.6 Å². The van der Waals surface area contributed by atoms with Crippen molar-refractivity contribution in [1.29, 1.82) is 0 Å². The summed E-state index contributed by atoms with van der Waals surface area (Å²) in [6, 6.07) is 10.4. The van der Waals surface area contributed by atoms with Crippen molar-refractivity contribution in [3.8, 4) is 5.75 Å². The fraction of sp³-hybridized carbons (Fsp3) is 0.286. The average Bonchev–Trinajstić information content (AvgIpc) is 2.89. The summed E-state index contributed by atoms with van der Waals surface area (Å²) in [5, 5.41) is 3.31. The maximum absolute atomic E-state index is 5.15. The van der Waals surface area contributed by atoms with Crippen LogP contribution in [-0.2, 0) is 6.42 Å². The van der Waals surface area contributed by atoms with Crippen LogP contribution in [0.15, 0.2) is 47.3 Å². The van der Waals surface area contributed by atoms with Gasteiger partial charge in [0.25, 0.3) is 0 Å². The largest absolute Gasteiger partial charge is 0.497 e. The van der Waals surface area contributed by atoms with Crippen molar-refractivity contribution in [2.75, 3.05) is 14.2 Å². The fourth-order valence-electron chi connectivity index (χ4n) is 1.87. The first-order chi connectivity index (χ1) is 8.33. The van der Waals surface area contributed by atoms with E-state index in [1.165, 1.54) is 11.1 Å². The Balaban J connectivity index is 2.11. The van der Waals surface area contributed by atoms with Crippen LogP contribution in [0.3, 0.4) is 0 Å². The van der Waals surface area contributed by atoms with E-state index in [0.29, 0.717) is 6.04 Å². The number of methoxy groups -OCH3 is 1. The van der Waals surface area contributed by atoms with E-state index in [9.17, 15) is 0 Å². The lowest BCUT2D eigenvalue weighted by Gasteiger charge is -2.16. The minimum absolute atomic E-state index is 0.290. The van der Waals surface area contributed by atoms with E-state index >= 15 is 0 Å².